The SMILES string of the molecule is FC(F)(F)c1sccc1-c1c(S)[nH]c2ccccc12. The zero-order valence-electron chi connectivity index (χ0n) is 9.45. The van der Waals surface area contributed by atoms with Crippen LogP contribution in [0.25, 0.3) is 22.0 Å². The Labute approximate surface area is 116 Å². The fourth-order valence-corrected chi connectivity index (χ4v) is 3.26. The Morgan fingerprint density at radius 3 is 2.58 bits per heavy atom. The normalized spacial score (nSPS) is 12.2. The smallest absolute Gasteiger partial charge is 0.349 e. The quantitative estimate of drug-likeness (QED) is 0.574. The molecule has 0 atom stereocenters. The highest BCUT2D eigenvalue weighted by Gasteiger charge is 2.36. The van der Waals surface area contributed by atoms with E-state index < -0.39 is 11.1 Å². The Hall–Kier alpha value is -1.40. The van der Waals surface area contributed by atoms with Crippen molar-refractivity contribution in [3.8, 4) is 11.1 Å². The summed E-state index contributed by atoms with van der Waals surface area (Å²) in [6.45, 7) is 0. The van der Waals surface area contributed by atoms with Gasteiger partial charge >= 0.3 is 6.18 Å². The molecule has 0 aliphatic carbocycles. The van der Waals surface area contributed by atoms with E-state index in [0.717, 1.165) is 10.9 Å². The summed E-state index contributed by atoms with van der Waals surface area (Å²) in [5, 5.41) is 2.65. The van der Waals surface area contributed by atoms with E-state index in [1.807, 2.05) is 12.1 Å². The number of aromatic amines is 1. The monoisotopic (exact) mass is 299 g/mol. The Morgan fingerprint density at radius 2 is 1.84 bits per heavy atom. The summed E-state index contributed by atoms with van der Waals surface area (Å²) < 4.78 is 38.9. The summed E-state index contributed by atoms with van der Waals surface area (Å²) in [7, 11) is 0. The van der Waals surface area contributed by atoms with Gasteiger partial charge in [-0.05, 0) is 17.5 Å². The van der Waals surface area contributed by atoms with Crippen LogP contribution in [0.1, 0.15) is 4.88 Å². The lowest BCUT2D eigenvalue weighted by Gasteiger charge is -2.07. The molecule has 0 amide bonds. The highest BCUT2D eigenvalue weighted by molar-refractivity contribution is 7.80. The Morgan fingerprint density at radius 1 is 1.11 bits per heavy atom. The second kappa shape index (κ2) is 4.31. The van der Waals surface area contributed by atoms with E-state index in [2.05, 4.69) is 17.6 Å². The third-order valence-electron chi connectivity index (χ3n) is 2.88. The number of hydrogen-bond acceptors (Lipinski definition) is 2. The lowest BCUT2D eigenvalue weighted by Crippen LogP contribution is -2.03. The molecular formula is C13H8F3NS2. The van der Waals surface area contributed by atoms with E-state index in [0.29, 0.717) is 21.9 Å². The Balaban J connectivity index is 2.31. The number of thiol groups is 1. The fraction of sp³-hybridized carbons (Fsp3) is 0.0769. The molecule has 1 aromatic carbocycles. The maximum Gasteiger partial charge on any atom is 0.426 e. The van der Waals surface area contributed by atoms with Gasteiger partial charge in [0.05, 0.1) is 5.03 Å². The van der Waals surface area contributed by atoms with E-state index >= 15 is 0 Å². The zero-order valence-corrected chi connectivity index (χ0v) is 11.2. The lowest BCUT2D eigenvalue weighted by molar-refractivity contribution is -0.133. The van der Waals surface area contributed by atoms with Crippen molar-refractivity contribution < 1.29 is 13.2 Å². The van der Waals surface area contributed by atoms with Crippen LogP contribution in [-0.2, 0) is 6.18 Å². The molecule has 3 rings (SSSR count). The van der Waals surface area contributed by atoms with Crippen molar-refractivity contribution >= 4 is 34.9 Å². The minimum absolute atomic E-state index is 0.181. The predicted molar refractivity (Wildman–Crippen MR) is 73.9 cm³/mol. The number of rotatable bonds is 1. The average molecular weight is 299 g/mol. The summed E-state index contributed by atoms with van der Waals surface area (Å²) in [6, 6.07) is 8.72. The molecule has 0 spiro atoms. The maximum absolute atomic E-state index is 13.0. The number of nitrogens with one attached hydrogen (secondary N) is 1. The first-order valence-electron chi connectivity index (χ1n) is 5.43. The molecule has 98 valence electrons. The fourth-order valence-electron chi connectivity index (χ4n) is 2.13. The van der Waals surface area contributed by atoms with Crippen LogP contribution < -0.4 is 0 Å². The summed E-state index contributed by atoms with van der Waals surface area (Å²) in [4.78, 5) is 2.41. The second-order valence-corrected chi connectivity index (χ2v) is 5.42. The van der Waals surface area contributed by atoms with Crippen molar-refractivity contribution in [2.45, 2.75) is 11.2 Å². The number of thiophene rings is 1. The van der Waals surface area contributed by atoms with Gasteiger partial charge in [-0.15, -0.1) is 24.0 Å². The highest BCUT2D eigenvalue weighted by Crippen LogP contribution is 2.44. The summed E-state index contributed by atoms with van der Waals surface area (Å²) >= 11 is 4.97. The number of hydrogen-bond donors (Lipinski definition) is 2. The van der Waals surface area contributed by atoms with Crippen molar-refractivity contribution in [3.05, 3.63) is 40.6 Å². The van der Waals surface area contributed by atoms with Crippen molar-refractivity contribution in [1.29, 1.82) is 0 Å². The van der Waals surface area contributed by atoms with Crippen LogP contribution in [0.4, 0.5) is 13.2 Å². The molecule has 6 heteroatoms. The number of benzene rings is 1. The molecule has 0 radical (unpaired) electrons. The van der Waals surface area contributed by atoms with Gasteiger partial charge in [0.25, 0.3) is 0 Å². The predicted octanol–water partition coefficient (Wildman–Crippen LogP) is 5.20. The molecular weight excluding hydrogens is 291 g/mol. The van der Waals surface area contributed by atoms with E-state index in [4.69, 9.17) is 0 Å². The molecule has 0 bridgehead atoms. The summed E-state index contributed by atoms with van der Waals surface area (Å²) in [6.07, 6.45) is -4.35. The largest absolute Gasteiger partial charge is 0.426 e. The van der Waals surface area contributed by atoms with Crippen molar-refractivity contribution in [3.63, 3.8) is 0 Å². The molecule has 1 N–H and O–H groups in total. The van der Waals surface area contributed by atoms with Gasteiger partial charge in [-0.1, -0.05) is 18.2 Å². The van der Waals surface area contributed by atoms with Gasteiger partial charge in [0.15, 0.2) is 0 Å². The first kappa shape index (κ1) is 12.6. The van der Waals surface area contributed by atoms with E-state index in [1.165, 1.54) is 11.4 Å². The minimum atomic E-state index is -4.35. The summed E-state index contributed by atoms with van der Waals surface area (Å²) in [5.41, 5.74) is 1.47. The first-order chi connectivity index (χ1) is 8.98. The Kier molecular flexibility index (Phi) is 2.87. The number of H-pyrrole nitrogens is 1. The van der Waals surface area contributed by atoms with Crippen LogP contribution in [-0.4, -0.2) is 4.98 Å². The molecule has 2 heterocycles. The maximum atomic E-state index is 13.0. The van der Waals surface area contributed by atoms with Gasteiger partial charge in [0.2, 0.25) is 0 Å². The van der Waals surface area contributed by atoms with Gasteiger partial charge in [-0.2, -0.15) is 13.2 Å². The molecule has 2 aromatic heterocycles. The zero-order chi connectivity index (χ0) is 13.6. The second-order valence-electron chi connectivity index (χ2n) is 4.06. The number of para-hydroxylation sites is 1. The molecule has 0 fully saturated rings. The standard InChI is InChI=1S/C13H8F3NS2/c14-13(15,16)11-8(5-6-19-11)10-7-3-1-2-4-9(7)17-12(10)18/h1-6,17-18H. The van der Waals surface area contributed by atoms with Crippen LogP contribution in [0.2, 0.25) is 0 Å². The third-order valence-corrected chi connectivity index (χ3v) is 4.17. The minimum Gasteiger partial charge on any atom is -0.349 e. The molecule has 19 heavy (non-hydrogen) atoms. The number of fused-ring (bicyclic) bond motifs is 1. The summed E-state index contributed by atoms with van der Waals surface area (Å²) in [5.74, 6) is 0. The van der Waals surface area contributed by atoms with Crippen LogP contribution in [0.3, 0.4) is 0 Å². The number of halogens is 3. The first-order valence-corrected chi connectivity index (χ1v) is 6.76. The topological polar surface area (TPSA) is 15.8 Å². The van der Waals surface area contributed by atoms with Crippen molar-refractivity contribution in [2.24, 2.45) is 0 Å². The lowest BCUT2D eigenvalue weighted by atomic mass is 10.1. The van der Waals surface area contributed by atoms with Crippen molar-refractivity contribution in [1.82, 2.24) is 4.98 Å². The van der Waals surface area contributed by atoms with Gasteiger partial charge in [0.1, 0.15) is 4.88 Å². The van der Waals surface area contributed by atoms with Gasteiger partial charge in [0, 0.05) is 22.0 Å². The molecule has 3 aromatic rings. The molecule has 0 aliphatic heterocycles. The molecule has 1 nitrogen and oxygen atoms in total. The molecule has 0 saturated heterocycles. The average Bonchev–Trinajstić information content (AvgIpc) is 2.90. The Bertz CT molecular complexity index is 740. The molecule has 0 saturated carbocycles. The van der Waals surface area contributed by atoms with Gasteiger partial charge < -0.3 is 4.98 Å². The van der Waals surface area contributed by atoms with Crippen LogP contribution in [0.5, 0.6) is 0 Å². The van der Waals surface area contributed by atoms with Crippen molar-refractivity contribution in [2.75, 3.05) is 0 Å². The molecule has 0 unspecified atom stereocenters. The molecule has 0 aliphatic rings. The van der Waals surface area contributed by atoms with Crippen LogP contribution >= 0.6 is 24.0 Å². The third kappa shape index (κ3) is 2.04. The van der Waals surface area contributed by atoms with Gasteiger partial charge in [-0.25, -0.2) is 0 Å². The number of alkyl halides is 3. The van der Waals surface area contributed by atoms with Gasteiger partial charge in [-0.3, -0.25) is 0 Å². The number of aromatic nitrogens is 1. The van der Waals surface area contributed by atoms with Crippen LogP contribution in [0, 0.1) is 0 Å². The van der Waals surface area contributed by atoms with E-state index in [-0.39, 0.29) is 5.56 Å². The van der Waals surface area contributed by atoms with Crippen LogP contribution in [0.15, 0.2) is 40.7 Å². The van der Waals surface area contributed by atoms with E-state index in [9.17, 15) is 13.2 Å². The van der Waals surface area contributed by atoms with E-state index in [1.54, 1.807) is 12.1 Å². The highest BCUT2D eigenvalue weighted by atomic mass is 32.1.